The number of hydrogen-bond acceptors (Lipinski definition) is 2. The van der Waals surface area contributed by atoms with Gasteiger partial charge in [0.25, 0.3) is 5.91 Å². The van der Waals surface area contributed by atoms with Gasteiger partial charge < -0.3 is 11.1 Å². The quantitative estimate of drug-likeness (QED) is 0.759. The summed E-state index contributed by atoms with van der Waals surface area (Å²) in [6.45, 7) is 1.94. The zero-order valence-electron chi connectivity index (χ0n) is 10.9. The van der Waals surface area contributed by atoms with Gasteiger partial charge in [-0.3, -0.25) is 4.79 Å². The van der Waals surface area contributed by atoms with Crippen molar-refractivity contribution in [3.63, 3.8) is 0 Å². The molecule has 2 rings (SSSR count). The van der Waals surface area contributed by atoms with Gasteiger partial charge in [0, 0.05) is 14.6 Å². The summed E-state index contributed by atoms with van der Waals surface area (Å²) in [6.07, 6.45) is 0. The summed E-state index contributed by atoms with van der Waals surface area (Å²) in [5.74, 6) is -0.160. The van der Waals surface area contributed by atoms with Gasteiger partial charge in [-0.05, 0) is 52.7 Å². The monoisotopic (exact) mass is 396 g/mol. The van der Waals surface area contributed by atoms with Crippen LogP contribution in [0.3, 0.4) is 0 Å². The predicted molar refractivity (Wildman–Crippen MR) is 88.6 cm³/mol. The van der Waals surface area contributed by atoms with Crippen molar-refractivity contribution >= 4 is 43.5 Å². The van der Waals surface area contributed by atoms with E-state index in [1.807, 2.05) is 31.2 Å². The maximum Gasteiger partial charge on any atom is 0.252 e. The van der Waals surface area contributed by atoms with Crippen LogP contribution in [0.5, 0.6) is 0 Å². The van der Waals surface area contributed by atoms with E-state index >= 15 is 0 Å². The molecule has 0 heterocycles. The summed E-state index contributed by atoms with van der Waals surface area (Å²) in [6, 6.07) is 12.9. The Morgan fingerprint density at radius 1 is 1.15 bits per heavy atom. The Morgan fingerprint density at radius 2 is 1.85 bits per heavy atom. The maximum absolute atomic E-state index is 12.3. The average molecular weight is 398 g/mol. The molecular formula is C15H14Br2N2O. The highest BCUT2D eigenvalue weighted by Crippen LogP contribution is 2.24. The molecule has 0 fully saturated rings. The standard InChI is InChI=1S/C15H14Br2N2O/c1-9(11-4-2-3-5-13(11)16)19-15(20)12-8-10(18)6-7-14(12)17/h2-9H,18H2,1H3,(H,19,20)/t9-/m1/s1. The van der Waals surface area contributed by atoms with Gasteiger partial charge in [0.15, 0.2) is 0 Å². The molecule has 3 nitrogen and oxygen atoms in total. The summed E-state index contributed by atoms with van der Waals surface area (Å²) < 4.78 is 1.70. The van der Waals surface area contributed by atoms with Gasteiger partial charge in [0.05, 0.1) is 11.6 Å². The number of nitrogen functional groups attached to an aromatic ring is 1. The topological polar surface area (TPSA) is 55.1 Å². The van der Waals surface area contributed by atoms with Gasteiger partial charge in [0.1, 0.15) is 0 Å². The number of hydrogen-bond donors (Lipinski definition) is 2. The van der Waals surface area contributed by atoms with E-state index in [9.17, 15) is 4.79 Å². The Balaban J connectivity index is 2.20. The van der Waals surface area contributed by atoms with E-state index in [-0.39, 0.29) is 11.9 Å². The summed E-state index contributed by atoms with van der Waals surface area (Å²) in [4.78, 5) is 12.3. The zero-order valence-corrected chi connectivity index (χ0v) is 14.0. The van der Waals surface area contributed by atoms with E-state index < -0.39 is 0 Å². The number of rotatable bonds is 3. The molecule has 5 heteroatoms. The van der Waals surface area contributed by atoms with Crippen LogP contribution in [0.4, 0.5) is 5.69 Å². The minimum atomic E-state index is -0.160. The van der Waals surface area contributed by atoms with E-state index in [4.69, 9.17) is 5.73 Å². The van der Waals surface area contributed by atoms with Crippen LogP contribution in [0, 0.1) is 0 Å². The summed E-state index contributed by atoms with van der Waals surface area (Å²) >= 11 is 6.85. The van der Waals surface area contributed by atoms with Crippen molar-refractivity contribution in [3.05, 3.63) is 62.5 Å². The van der Waals surface area contributed by atoms with Crippen molar-refractivity contribution in [2.24, 2.45) is 0 Å². The molecule has 2 aromatic rings. The SMILES string of the molecule is C[C@@H](NC(=O)c1cc(N)ccc1Br)c1ccccc1Br. The molecule has 104 valence electrons. The Labute approximate surface area is 134 Å². The lowest BCUT2D eigenvalue weighted by atomic mass is 10.1. The van der Waals surface area contributed by atoms with Crippen LogP contribution in [-0.2, 0) is 0 Å². The fourth-order valence-electron chi connectivity index (χ4n) is 1.90. The first-order chi connectivity index (χ1) is 9.49. The number of nitrogens with two attached hydrogens (primary N) is 1. The molecule has 0 aliphatic heterocycles. The Bertz CT molecular complexity index is 644. The average Bonchev–Trinajstić information content (AvgIpc) is 2.41. The third-order valence-corrected chi connectivity index (χ3v) is 4.37. The lowest BCUT2D eigenvalue weighted by Crippen LogP contribution is -2.27. The van der Waals surface area contributed by atoms with Gasteiger partial charge in [-0.15, -0.1) is 0 Å². The first-order valence-corrected chi connectivity index (χ1v) is 7.68. The molecule has 0 aliphatic rings. The van der Waals surface area contributed by atoms with E-state index in [0.29, 0.717) is 11.3 Å². The van der Waals surface area contributed by atoms with Gasteiger partial charge in [-0.25, -0.2) is 0 Å². The minimum Gasteiger partial charge on any atom is -0.399 e. The Morgan fingerprint density at radius 3 is 2.55 bits per heavy atom. The molecule has 0 unspecified atom stereocenters. The highest BCUT2D eigenvalue weighted by molar-refractivity contribution is 9.10. The lowest BCUT2D eigenvalue weighted by Gasteiger charge is -2.16. The second-order valence-electron chi connectivity index (χ2n) is 4.46. The van der Waals surface area contributed by atoms with Crippen molar-refractivity contribution in [2.75, 3.05) is 5.73 Å². The Kier molecular flexibility index (Phi) is 4.83. The van der Waals surface area contributed by atoms with Crippen molar-refractivity contribution in [1.29, 1.82) is 0 Å². The lowest BCUT2D eigenvalue weighted by molar-refractivity contribution is 0.0939. The van der Waals surface area contributed by atoms with Gasteiger partial charge >= 0.3 is 0 Å². The van der Waals surface area contributed by atoms with E-state index in [0.717, 1.165) is 14.5 Å². The number of benzene rings is 2. The number of amides is 1. The van der Waals surface area contributed by atoms with Crippen LogP contribution in [0.1, 0.15) is 28.9 Å². The molecule has 1 atom stereocenters. The van der Waals surface area contributed by atoms with Gasteiger partial charge in [-0.1, -0.05) is 34.1 Å². The number of anilines is 1. The molecule has 3 N–H and O–H groups in total. The second kappa shape index (κ2) is 6.41. The van der Waals surface area contributed by atoms with Crippen LogP contribution in [0.25, 0.3) is 0 Å². The second-order valence-corrected chi connectivity index (χ2v) is 6.16. The molecule has 0 spiro atoms. The van der Waals surface area contributed by atoms with Gasteiger partial charge in [-0.2, -0.15) is 0 Å². The molecule has 0 aromatic heterocycles. The van der Waals surface area contributed by atoms with Crippen molar-refractivity contribution in [3.8, 4) is 0 Å². The number of nitrogens with one attached hydrogen (secondary N) is 1. The molecule has 0 bridgehead atoms. The van der Waals surface area contributed by atoms with Crippen LogP contribution in [0.2, 0.25) is 0 Å². The van der Waals surface area contributed by atoms with Crippen LogP contribution < -0.4 is 11.1 Å². The molecular weight excluding hydrogens is 384 g/mol. The van der Waals surface area contributed by atoms with Crippen LogP contribution in [-0.4, -0.2) is 5.91 Å². The first kappa shape index (κ1) is 15.1. The number of carbonyl (C=O) groups is 1. The first-order valence-electron chi connectivity index (χ1n) is 6.09. The summed E-state index contributed by atoms with van der Waals surface area (Å²) in [7, 11) is 0. The van der Waals surface area contributed by atoms with Crippen molar-refractivity contribution in [1.82, 2.24) is 5.32 Å². The summed E-state index contributed by atoms with van der Waals surface area (Å²) in [5, 5.41) is 2.97. The van der Waals surface area contributed by atoms with Gasteiger partial charge in [0.2, 0.25) is 0 Å². The predicted octanol–water partition coefficient (Wildman–Crippen LogP) is 4.28. The highest BCUT2D eigenvalue weighted by Gasteiger charge is 2.15. The molecule has 2 aromatic carbocycles. The molecule has 1 amide bonds. The van der Waals surface area contributed by atoms with E-state index in [1.165, 1.54) is 0 Å². The molecule has 0 saturated heterocycles. The van der Waals surface area contributed by atoms with E-state index in [2.05, 4.69) is 37.2 Å². The van der Waals surface area contributed by atoms with E-state index in [1.54, 1.807) is 18.2 Å². The number of carbonyl (C=O) groups excluding carboxylic acids is 1. The Hall–Kier alpha value is -1.33. The van der Waals surface area contributed by atoms with Crippen molar-refractivity contribution in [2.45, 2.75) is 13.0 Å². The largest absolute Gasteiger partial charge is 0.399 e. The smallest absolute Gasteiger partial charge is 0.252 e. The maximum atomic E-state index is 12.3. The fourth-order valence-corrected chi connectivity index (χ4v) is 2.95. The molecule has 0 saturated carbocycles. The van der Waals surface area contributed by atoms with Crippen LogP contribution >= 0.6 is 31.9 Å². The van der Waals surface area contributed by atoms with Crippen molar-refractivity contribution < 1.29 is 4.79 Å². The zero-order chi connectivity index (χ0) is 14.7. The number of halogens is 2. The minimum absolute atomic E-state index is 0.105. The molecule has 20 heavy (non-hydrogen) atoms. The fraction of sp³-hybridized carbons (Fsp3) is 0.133. The highest BCUT2D eigenvalue weighted by atomic mass is 79.9. The third-order valence-electron chi connectivity index (χ3n) is 2.95. The van der Waals surface area contributed by atoms with Crippen LogP contribution in [0.15, 0.2) is 51.4 Å². The molecule has 0 radical (unpaired) electrons. The normalized spacial score (nSPS) is 11.9. The third kappa shape index (κ3) is 3.41. The molecule has 0 aliphatic carbocycles. The summed E-state index contributed by atoms with van der Waals surface area (Å²) in [5.41, 5.74) is 7.84.